The first-order chi connectivity index (χ1) is 5.98. The Morgan fingerprint density at radius 1 is 1.00 bits per heavy atom. The Hall–Kier alpha value is 0.130. The second-order valence-corrected chi connectivity index (χ2v) is 6.84. The average Bonchev–Trinajstić information content (AvgIpc) is 2.24. The highest BCUT2D eigenvalue weighted by Gasteiger charge is 2.25. The molecule has 1 heterocycles. The molecule has 0 aromatic heterocycles. The molecule has 0 amide bonds. The van der Waals surface area contributed by atoms with Crippen LogP contribution in [0.2, 0.25) is 0 Å². The summed E-state index contributed by atoms with van der Waals surface area (Å²) in [6, 6.07) is 3.73. The van der Waals surface area contributed by atoms with E-state index in [-0.39, 0.29) is 11.5 Å². The summed E-state index contributed by atoms with van der Waals surface area (Å²) in [5, 5.41) is 0. The summed E-state index contributed by atoms with van der Waals surface area (Å²) in [6.45, 7) is 0. The minimum atomic E-state index is -2.88. The van der Waals surface area contributed by atoms with E-state index in [1.54, 1.807) is 0 Å². The predicted octanol–water partition coefficient (Wildman–Crippen LogP) is 2.64. The number of hydrogen-bond donors (Lipinski definition) is 0. The van der Waals surface area contributed by atoms with Gasteiger partial charge >= 0.3 is 0 Å². The predicted molar refractivity (Wildman–Crippen MR) is 58.2 cm³/mol. The van der Waals surface area contributed by atoms with Crippen LogP contribution in [0.25, 0.3) is 0 Å². The second-order valence-electron chi connectivity index (χ2n) is 3.07. The number of hydrogen-bond acceptors (Lipinski definition) is 2. The van der Waals surface area contributed by atoms with E-state index in [0.29, 0.717) is 0 Å². The summed E-state index contributed by atoms with van der Waals surface area (Å²) in [4.78, 5) is 0. The average molecular weight is 326 g/mol. The van der Waals surface area contributed by atoms with Gasteiger partial charge in [0.1, 0.15) is 0 Å². The lowest BCUT2D eigenvalue weighted by atomic mass is 10.1. The molecule has 1 aromatic rings. The largest absolute Gasteiger partial charge is 0.228 e. The highest BCUT2D eigenvalue weighted by Crippen LogP contribution is 2.32. The fourth-order valence-electron chi connectivity index (χ4n) is 1.42. The number of fused-ring (bicyclic) bond motifs is 1. The maximum absolute atomic E-state index is 11.3. The van der Waals surface area contributed by atoms with E-state index in [2.05, 4.69) is 31.9 Å². The van der Waals surface area contributed by atoms with Crippen LogP contribution in [0.5, 0.6) is 0 Å². The first kappa shape index (κ1) is 9.68. The van der Waals surface area contributed by atoms with Gasteiger partial charge in [-0.05, 0) is 55.1 Å². The van der Waals surface area contributed by atoms with E-state index in [0.717, 1.165) is 20.1 Å². The van der Waals surface area contributed by atoms with Gasteiger partial charge in [0.25, 0.3) is 0 Å². The van der Waals surface area contributed by atoms with E-state index in [1.165, 1.54) is 0 Å². The zero-order valence-electron chi connectivity index (χ0n) is 6.55. The number of sulfone groups is 1. The third-order valence-corrected chi connectivity index (χ3v) is 5.34. The topological polar surface area (TPSA) is 34.1 Å². The Balaban J connectivity index is 2.60. The number of benzene rings is 1. The molecular formula is C8H6Br2O2S. The summed E-state index contributed by atoms with van der Waals surface area (Å²) in [5.74, 6) is 0.350. The van der Waals surface area contributed by atoms with Crippen molar-refractivity contribution in [3.63, 3.8) is 0 Å². The van der Waals surface area contributed by atoms with Gasteiger partial charge in [0, 0.05) is 8.95 Å². The van der Waals surface area contributed by atoms with Gasteiger partial charge in [0.2, 0.25) is 0 Å². The molecule has 2 nitrogen and oxygen atoms in total. The Kier molecular flexibility index (Phi) is 2.28. The SMILES string of the molecule is O=S1(=O)Cc2cc(Br)c(Br)cc2C1. The Bertz CT molecular complexity index is 428. The first-order valence-corrected chi connectivity index (χ1v) is 7.06. The quantitative estimate of drug-likeness (QED) is 0.735. The van der Waals surface area contributed by atoms with Crippen molar-refractivity contribution in [2.75, 3.05) is 0 Å². The van der Waals surface area contributed by atoms with Gasteiger partial charge in [-0.2, -0.15) is 0 Å². The molecule has 0 saturated heterocycles. The molecule has 0 unspecified atom stereocenters. The van der Waals surface area contributed by atoms with Crippen LogP contribution in [0.1, 0.15) is 11.1 Å². The second kappa shape index (κ2) is 3.07. The lowest BCUT2D eigenvalue weighted by molar-refractivity contribution is 0.598. The van der Waals surface area contributed by atoms with Gasteiger partial charge in [-0.1, -0.05) is 0 Å². The van der Waals surface area contributed by atoms with Crippen LogP contribution in [0.15, 0.2) is 21.1 Å². The standard InChI is InChI=1S/C8H6Br2O2S/c9-7-1-5-3-13(11,12)4-6(5)2-8(7)10/h1-2H,3-4H2. The number of rotatable bonds is 0. The van der Waals surface area contributed by atoms with Gasteiger partial charge in [0.15, 0.2) is 9.84 Å². The van der Waals surface area contributed by atoms with Gasteiger partial charge in [0.05, 0.1) is 11.5 Å². The van der Waals surface area contributed by atoms with Crippen LogP contribution in [-0.4, -0.2) is 8.42 Å². The van der Waals surface area contributed by atoms with Crippen LogP contribution in [0.3, 0.4) is 0 Å². The van der Waals surface area contributed by atoms with Crippen LogP contribution < -0.4 is 0 Å². The van der Waals surface area contributed by atoms with Crippen LogP contribution in [0.4, 0.5) is 0 Å². The van der Waals surface area contributed by atoms with Crippen molar-refractivity contribution in [3.8, 4) is 0 Å². The molecule has 0 radical (unpaired) electrons. The van der Waals surface area contributed by atoms with Crippen molar-refractivity contribution in [3.05, 3.63) is 32.2 Å². The van der Waals surface area contributed by atoms with Crippen molar-refractivity contribution >= 4 is 41.7 Å². The Morgan fingerprint density at radius 2 is 1.38 bits per heavy atom. The van der Waals surface area contributed by atoms with Crippen molar-refractivity contribution in [1.82, 2.24) is 0 Å². The van der Waals surface area contributed by atoms with E-state index in [4.69, 9.17) is 0 Å². The molecule has 5 heteroatoms. The molecule has 70 valence electrons. The summed E-state index contributed by atoms with van der Waals surface area (Å²) < 4.78 is 24.4. The Labute approximate surface area is 93.5 Å². The molecule has 1 aliphatic heterocycles. The lowest BCUT2D eigenvalue weighted by Crippen LogP contribution is -1.95. The molecule has 1 aromatic carbocycles. The van der Waals surface area contributed by atoms with Gasteiger partial charge in [-0.3, -0.25) is 0 Å². The van der Waals surface area contributed by atoms with Gasteiger partial charge in [-0.15, -0.1) is 0 Å². The maximum atomic E-state index is 11.3. The molecule has 0 spiro atoms. The van der Waals surface area contributed by atoms with E-state index < -0.39 is 9.84 Å². The van der Waals surface area contributed by atoms with E-state index >= 15 is 0 Å². The third kappa shape index (κ3) is 1.82. The molecule has 0 fully saturated rings. The van der Waals surface area contributed by atoms with Gasteiger partial charge < -0.3 is 0 Å². The molecule has 1 aliphatic rings. The van der Waals surface area contributed by atoms with Crippen molar-refractivity contribution in [1.29, 1.82) is 0 Å². The van der Waals surface area contributed by atoms with Crippen LogP contribution in [-0.2, 0) is 21.3 Å². The van der Waals surface area contributed by atoms with Gasteiger partial charge in [-0.25, -0.2) is 8.42 Å². The first-order valence-electron chi connectivity index (χ1n) is 3.65. The molecule has 13 heavy (non-hydrogen) atoms. The summed E-state index contributed by atoms with van der Waals surface area (Å²) in [5.41, 5.74) is 1.82. The molecular weight excluding hydrogens is 320 g/mol. The fraction of sp³-hybridized carbons (Fsp3) is 0.250. The number of halogens is 2. The zero-order valence-corrected chi connectivity index (χ0v) is 10.5. The van der Waals surface area contributed by atoms with Crippen LogP contribution in [0, 0.1) is 0 Å². The molecule has 0 N–H and O–H groups in total. The zero-order chi connectivity index (χ0) is 9.64. The molecule has 2 rings (SSSR count). The summed E-state index contributed by atoms with van der Waals surface area (Å²) in [7, 11) is -2.88. The molecule has 0 atom stereocenters. The molecule has 0 aliphatic carbocycles. The minimum absolute atomic E-state index is 0.175. The minimum Gasteiger partial charge on any atom is -0.228 e. The summed E-state index contributed by atoms with van der Waals surface area (Å²) >= 11 is 6.69. The lowest BCUT2D eigenvalue weighted by Gasteiger charge is -1.99. The Morgan fingerprint density at radius 3 is 1.77 bits per heavy atom. The monoisotopic (exact) mass is 324 g/mol. The summed E-state index contributed by atoms with van der Waals surface area (Å²) in [6.07, 6.45) is 0. The van der Waals surface area contributed by atoms with Crippen LogP contribution >= 0.6 is 31.9 Å². The van der Waals surface area contributed by atoms with Crippen molar-refractivity contribution < 1.29 is 8.42 Å². The molecule has 0 bridgehead atoms. The highest BCUT2D eigenvalue weighted by atomic mass is 79.9. The third-order valence-electron chi connectivity index (χ3n) is 1.99. The van der Waals surface area contributed by atoms with Crippen molar-refractivity contribution in [2.24, 2.45) is 0 Å². The molecule has 0 saturated carbocycles. The van der Waals surface area contributed by atoms with Crippen molar-refractivity contribution in [2.45, 2.75) is 11.5 Å². The van der Waals surface area contributed by atoms with E-state index in [9.17, 15) is 8.42 Å². The smallest absolute Gasteiger partial charge is 0.158 e. The maximum Gasteiger partial charge on any atom is 0.158 e. The fourth-order valence-corrected chi connectivity index (χ4v) is 3.79. The van der Waals surface area contributed by atoms with E-state index in [1.807, 2.05) is 12.1 Å². The highest BCUT2D eigenvalue weighted by molar-refractivity contribution is 9.13. The normalized spacial score (nSPS) is 18.6.